The monoisotopic (exact) mass is 842 g/mol. The lowest BCUT2D eigenvalue weighted by molar-refractivity contribution is -0.295. The lowest BCUT2D eigenvalue weighted by Gasteiger charge is -2.39. The topological polar surface area (TPSA) is 149 Å². The highest BCUT2D eigenvalue weighted by molar-refractivity contribution is 5.76. The number of carbonyl (C=O) groups excluding carboxylic acids is 1. The quantitative estimate of drug-likeness (QED) is 0.0332. The Bertz CT molecular complexity index is 910. The van der Waals surface area contributed by atoms with E-state index in [4.69, 9.17) is 9.47 Å². The molecule has 0 radical (unpaired) electrons. The molecule has 1 rings (SSSR count). The van der Waals surface area contributed by atoms with Gasteiger partial charge in [-0.1, -0.05) is 232 Å². The van der Waals surface area contributed by atoms with E-state index in [0.717, 1.165) is 38.5 Å². The van der Waals surface area contributed by atoms with E-state index in [2.05, 4.69) is 19.2 Å². The van der Waals surface area contributed by atoms with E-state index in [-0.39, 0.29) is 12.5 Å². The maximum absolute atomic E-state index is 13.0. The SMILES string of the molecule is CCCCCCCCCCCCCCCCCCCCCCCCCC(=O)N[C@@H](COC1OC(C)C(O)C(O)C1O)[C@H](O)[C@H](O)CCCCCCCCCCCCCC. The summed E-state index contributed by atoms with van der Waals surface area (Å²) in [5.41, 5.74) is 0. The molecule has 0 aromatic carbocycles. The van der Waals surface area contributed by atoms with E-state index in [9.17, 15) is 30.3 Å². The van der Waals surface area contributed by atoms with E-state index in [1.165, 1.54) is 186 Å². The Morgan fingerprint density at radius 3 is 1.22 bits per heavy atom. The zero-order chi connectivity index (χ0) is 43.2. The molecule has 1 amide bonds. The molecule has 8 atom stereocenters. The number of hydrogen-bond donors (Lipinski definition) is 6. The Balaban J connectivity index is 2.23. The lowest BCUT2D eigenvalue weighted by Crippen LogP contribution is -2.58. The number of ether oxygens (including phenoxy) is 2. The summed E-state index contributed by atoms with van der Waals surface area (Å²) in [4.78, 5) is 13.0. The first kappa shape index (κ1) is 56.2. The molecule has 0 aromatic rings. The molecule has 352 valence electrons. The van der Waals surface area contributed by atoms with Crippen LogP contribution in [0.5, 0.6) is 0 Å². The molecule has 1 aliphatic heterocycles. The van der Waals surface area contributed by atoms with Crippen molar-refractivity contribution in [1.29, 1.82) is 0 Å². The third-order valence-electron chi connectivity index (χ3n) is 12.8. The van der Waals surface area contributed by atoms with Gasteiger partial charge in [-0.15, -0.1) is 0 Å². The fourth-order valence-corrected chi connectivity index (χ4v) is 8.56. The molecule has 9 heteroatoms. The molecule has 1 fully saturated rings. The Morgan fingerprint density at radius 2 is 0.847 bits per heavy atom. The number of unbranched alkanes of at least 4 members (excludes halogenated alkanes) is 33. The van der Waals surface area contributed by atoms with Crippen LogP contribution >= 0.6 is 0 Å². The standard InChI is InChI=1S/C50H99NO8/c1-4-6-8-10-12-14-16-18-19-20-21-22-23-24-25-26-27-28-30-32-34-36-38-40-45(53)51-43(41-58-50-49(57)48(56)46(54)42(3)59-50)47(55)44(52)39-37-35-33-31-29-17-15-13-11-9-7-5-2/h42-44,46-50,52,54-57H,4-41H2,1-3H3,(H,51,53)/t42?,43-,44+,46?,47-,48?,49?,50?/m0/s1. The molecule has 0 aliphatic carbocycles. The maximum atomic E-state index is 13.0. The molecule has 1 saturated heterocycles. The second-order valence-corrected chi connectivity index (χ2v) is 18.5. The number of amides is 1. The minimum absolute atomic E-state index is 0.215. The zero-order valence-electron chi connectivity index (χ0n) is 38.9. The van der Waals surface area contributed by atoms with Crippen molar-refractivity contribution >= 4 is 5.91 Å². The van der Waals surface area contributed by atoms with E-state index >= 15 is 0 Å². The van der Waals surface area contributed by atoms with Crippen LogP contribution in [0.25, 0.3) is 0 Å². The number of nitrogens with one attached hydrogen (secondary N) is 1. The summed E-state index contributed by atoms with van der Waals surface area (Å²) in [5.74, 6) is -0.215. The minimum atomic E-state index is -1.49. The molecule has 1 aliphatic rings. The molecule has 0 saturated carbocycles. The van der Waals surface area contributed by atoms with Gasteiger partial charge < -0.3 is 40.3 Å². The van der Waals surface area contributed by atoms with Crippen LogP contribution in [-0.2, 0) is 14.3 Å². The highest BCUT2D eigenvalue weighted by Gasteiger charge is 2.43. The molecule has 1 heterocycles. The molecular formula is C50H99NO8. The van der Waals surface area contributed by atoms with Crippen molar-refractivity contribution in [3.05, 3.63) is 0 Å². The molecule has 59 heavy (non-hydrogen) atoms. The summed E-state index contributed by atoms with van der Waals surface area (Å²) in [7, 11) is 0. The van der Waals surface area contributed by atoms with Gasteiger partial charge in [0.2, 0.25) is 5.91 Å². The van der Waals surface area contributed by atoms with Gasteiger partial charge in [-0.05, 0) is 19.8 Å². The van der Waals surface area contributed by atoms with Crippen molar-refractivity contribution < 1.29 is 39.8 Å². The second-order valence-electron chi connectivity index (χ2n) is 18.5. The number of aliphatic hydroxyl groups is 5. The van der Waals surface area contributed by atoms with Crippen LogP contribution in [0.15, 0.2) is 0 Å². The normalized spacial score (nSPS) is 21.1. The summed E-state index contributed by atoms with van der Waals surface area (Å²) < 4.78 is 11.3. The summed E-state index contributed by atoms with van der Waals surface area (Å²) >= 11 is 0. The van der Waals surface area contributed by atoms with Crippen LogP contribution in [-0.4, -0.2) is 87.0 Å². The van der Waals surface area contributed by atoms with E-state index in [1.54, 1.807) is 6.92 Å². The Morgan fingerprint density at radius 1 is 0.508 bits per heavy atom. The predicted molar refractivity (Wildman–Crippen MR) is 244 cm³/mol. The molecular weight excluding hydrogens is 743 g/mol. The first-order valence-corrected chi connectivity index (χ1v) is 25.7. The third-order valence-corrected chi connectivity index (χ3v) is 12.8. The van der Waals surface area contributed by atoms with Crippen molar-refractivity contribution in [2.45, 2.75) is 307 Å². The molecule has 9 nitrogen and oxygen atoms in total. The number of rotatable bonds is 43. The predicted octanol–water partition coefficient (Wildman–Crippen LogP) is 11.5. The van der Waals surface area contributed by atoms with Crippen LogP contribution in [0.2, 0.25) is 0 Å². The number of aliphatic hydroxyl groups excluding tert-OH is 5. The third kappa shape index (κ3) is 30.8. The smallest absolute Gasteiger partial charge is 0.220 e. The highest BCUT2D eigenvalue weighted by Crippen LogP contribution is 2.23. The Kier molecular flexibility index (Phi) is 38.1. The van der Waals surface area contributed by atoms with Crippen molar-refractivity contribution in [2.24, 2.45) is 0 Å². The fourth-order valence-electron chi connectivity index (χ4n) is 8.56. The van der Waals surface area contributed by atoms with Gasteiger partial charge in [-0.2, -0.15) is 0 Å². The Hall–Kier alpha value is -0.810. The van der Waals surface area contributed by atoms with Crippen LogP contribution < -0.4 is 5.32 Å². The van der Waals surface area contributed by atoms with E-state index < -0.39 is 49.0 Å². The highest BCUT2D eigenvalue weighted by atomic mass is 16.7. The van der Waals surface area contributed by atoms with Crippen LogP contribution in [0, 0.1) is 0 Å². The minimum Gasteiger partial charge on any atom is -0.390 e. The molecule has 0 spiro atoms. The summed E-state index contributed by atoms with van der Waals surface area (Å²) in [6.45, 7) is 5.88. The van der Waals surface area contributed by atoms with Crippen molar-refractivity contribution in [3.8, 4) is 0 Å². The first-order valence-electron chi connectivity index (χ1n) is 25.7. The summed E-state index contributed by atoms with van der Waals surface area (Å²) in [5, 5.41) is 55.7. The average Bonchev–Trinajstić information content (AvgIpc) is 3.23. The maximum Gasteiger partial charge on any atom is 0.220 e. The fraction of sp³-hybridized carbons (Fsp3) is 0.980. The van der Waals surface area contributed by atoms with Crippen LogP contribution in [0.1, 0.15) is 258 Å². The molecule has 0 bridgehead atoms. The Labute approximate surface area is 364 Å². The van der Waals surface area contributed by atoms with Gasteiger partial charge in [0.05, 0.1) is 24.9 Å². The zero-order valence-corrected chi connectivity index (χ0v) is 38.9. The van der Waals surface area contributed by atoms with Gasteiger partial charge in [0.15, 0.2) is 6.29 Å². The molecule has 6 N–H and O–H groups in total. The van der Waals surface area contributed by atoms with Crippen LogP contribution in [0.4, 0.5) is 0 Å². The first-order chi connectivity index (χ1) is 28.7. The van der Waals surface area contributed by atoms with Crippen molar-refractivity contribution in [2.75, 3.05) is 6.61 Å². The van der Waals surface area contributed by atoms with Gasteiger partial charge in [0.25, 0.3) is 0 Å². The van der Waals surface area contributed by atoms with Gasteiger partial charge in [0, 0.05) is 6.42 Å². The van der Waals surface area contributed by atoms with Crippen LogP contribution in [0.3, 0.4) is 0 Å². The van der Waals surface area contributed by atoms with Gasteiger partial charge in [-0.3, -0.25) is 4.79 Å². The van der Waals surface area contributed by atoms with Gasteiger partial charge in [-0.25, -0.2) is 0 Å². The number of hydrogen-bond acceptors (Lipinski definition) is 8. The molecule has 5 unspecified atom stereocenters. The van der Waals surface area contributed by atoms with Crippen molar-refractivity contribution in [1.82, 2.24) is 5.32 Å². The largest absolute Gasteiger partial charge is 0.390 e. The van der Waals surface area contributed by atoms with Gasteiger partial charge in [0.1, 0.15) is 24.4 Å². The van der Waals surface area contributed by atoms with Gasteiger partial charge >= 0.3 is 0 Å². The summed E-state index contributed by atoms with van der Waals surface area (Å²) in [6.07, 6.45) is 37.1. The lowest BCUT2D eigenvalue weighted by atomic mass is 9.98. The summed E-state index contributed by atoms with van der Waals surface area (Å²) in [6, 6.07) is -0.922. The average molecular weight is 842 g/mol. The van der Waals surface area contributed by atoms with E-state index in [1.807, 2.05) is 0 Å². The number of carbonyl (C=O) groups is 1. The second kappa shape index (κ2) is 40.0. The molecule has 0 aromatic heterocycles. The van der Waals surface area contributed by atoms with Crippen molar-refractivity contribution in [3.63, 3.8) is 0 Å². The van der Waals surface area contributed by atoms with E-state index in [0.29, 0.717) is 12.8 Å².